The van der Waals surface area contributed by atoms with Gasteiger partial charge >= 0.3 is 0 Å². The van der Waals surface area contributed by atoms with Crippen molar-refractivity contribution in [2.45, 2.75) is 31.8 Å². The van der Waals surface area contributed by atoms with Gasteiger partial charge in [-0.25, -0.2) is 0 Å². The van der Waals surface area contributed by atoms with E-state index in [1.165, 1.54) is 5.56 Å². The van der Waals surface area contributed by atoms with Crippen LogP contribution in [0.15, 0.2) is 30.3 Å². The summed E-state index contributed by atoms with van der Waals surface area (Å²) in [6, 6.07) is 10.6. The number of benzene rings is 1. The maximum atomic E-state index is 6.01. The fourth-order valence-electron chi connectivity index (χ4n) is 2.64. The summed E-state index contributed by atoms with van der Waals surface area (Å²) in [6.07, 6.45) is 2.31. The largest absolute Gasteiger partial charge is 0.329 e. The van der Waals surface area contributed by atoms with Crippen LogP contribution in [-0.4, -0.2) is 36.6 Å². The predicted octanol–water partition coefficient (Wildman–Crippen LogP) is 1.59. The van der Waals surface area contributed by atoms with Crippen molar-refractivity contribution in [3.8, 4) is 0 Å². The summed E-state index contributed by atoms with van der Waals surface area (Å²) in [4.78, 5) is 2.50. The maximum Gasteiger partial charge on any atom is 0.0331 e. The molecule has 18 heavy (non-hydrogen) atoms. The van der Waals surface area contributed by atoms with E-state index >= 15 is 0 Å². The summed E-state index contributed by atoms with van der Waals surface area (Å²) < 4.78 is 0. The van der Waals surface area contributed by atoms with Crippen LogP contribution in [0.25, 0.3) is 0 Å². The van der Waals surface area contributed by atoms with Gasteiger partial charge in [-0.1, -0.05) is 37.3 Å². The summed E-state index contributed by atoms with van der Waals surface area (Å²) in [5.41, 5.74) is 7.48. The Balaban J connectivity index is 1.89. The molecule has 1 heterocycles. The third kappa shape index (κ3) is 3.31. The molecule has 3 N–H and O–H groups in total. The average molecular weight is 247 g/mol. The topological polar surface area (TPSA) is 41.3 Å². The van der Waals surface area contributed by atoms with Crippen LogP contribution in [-0.2, 0) is 6.54 Å². The quantitative estimate of drug-likeness (QED) is 0.830. The van der Waals surface area contributed by atoms with E-state index in [-0.39, 0.29) is 5.54 Å². The van der Waals surface area contributed by atoms with Gasteiger partial charge in [0.15, 0.2) is 0 Å². The van der Waals surface area contributed by atoms with Crippen molar-refractivity contribution in [3.63, 3.8) is 0 Å². The Morgan fingerprint density at radius 2 is 1.89 bits per heavy atom. The first kappa shape index (κ1) is 13.5. The van der Waals surface area contributed by atoms with Crippen LogP contribution in [0.5, 0.6) is 0 Å². The molecule has 1 aromatic carbocycles. The normalized spacial score (nSPS) is 19.9. The second kappa shape index (κ2) is 6.32. The first-order valence-corrected chi connectivity index (χ1v) is 6.99. The third-order valence-corrected chi connectivity index (χ3v) is 4.16. The molecule has 3 nitrogen and oxygen atoms in total. The van der Waals surface area contributed by atoms with Crippen molar-refractivity contribution in [2.75, 3.05) is 26.2 Å². The standard InChI is InChI=1S/C15H25N3/c1-2-18-10-8-15(13-16,9-11-18)17-12-14-6-4-3-5-7-14/h3-7,17H,2,8-13,16H2,1H3. The van der Waals surface area contributed by atoms with Crippen LogP contribution in [0.4, 0.5) is 0 Å². The van der Waals surface area contributed by atoms with Crippen LogP contribution >= 0.6 is 0 Å². The van der Waals surface area contributed by atoms with E-state index in [4.69, 9.17) is 5.73 Å². The second-order valence-corrected chi connectivity index (χ2v) is 5.26. The summed E-state index contributed by atoms with van der Waals surface area (Å²) in [7, 11) is 0. The lowest BCUT2D eigenvalue weighted by molar-refractivity contribution is 0.143. The Morgan fingerprint density at radius 3 is 2.44 bits per heavy atom. The van der Waals surface area contributed by atoms with Gasteiger partial charge in [0.1, 0.15) is 0 Å². The number of nitrogens with zero attached hydrogens (tertiary/aromatic N) is 1. The SMILES string of the molecule is CCN1CCC(CN)(NCc2ccccc2)CC1. The van der Waals surface area contributed by atoms with E-state index < -0.39 is 0 Å². The van der Waals surface area contributed by atoms with E-state index in [1.807, 2.05) is 0 Å². The van der Waals surface area contributed by atoms with Crippen LogP contribution in [0.3, 0.4) is 0 Å². The number of nitrogens with one attached hydrogen (secondary N) is 1. The van der Waals surface area contributed by atoms with Gasteiger partial charge in [0.2, 0.25) is 0 Å². The van der Waals surface area contributed by atoms with Gasteiger partial charge < -0.3 is 16.0 Å². The van der Waals surface area contributed by atoms with Crippen LogP contribution < -0.4 is 11.1 Å². The van der Waals surface area contributed by atoms with E-state index in [0.29, 0.717) is 0 Å². The summed E-state index contributed by atoms with van der Waals surface area (Å²) >= 11 is 0. The van der Waals surface area contributed by atoms with Gasteiger partial charge in [-0.2, -0.15) is 0 Å². The highest BCUT2D eigenvalue weighted by Crippen LogP contribution is 2.21. The van der Waals surface area contributed by atoms with Gasteiger partial charge in [-0.05, 0) is 38.0 Å². The Kier molecular flexibility index (Phi) is 4.75. The average Bonchev–Trinajstić information content (AvgIpc) is 2.47. The molecule has 1 aromatic rings. The Morgan fingerprint density at radius 1 is 1.22 bits per heavy atom. The van der Waals surface area contributed by atoms with E-state index in [0.717, 1.165) is 45.6 Å². The molecule has 1 fully saturated rings. The van der Waals surface area contributed by atoms with E-state index in [9.17, 15) is 0 Å². The molecular formula is C15H25N3. The molecule has 0 unspecified atom stereocenters. The molecule has 1 aliphatic rings. The smallest absolute Gasteiger partial charge is 0.0331 e. The lowest BCUT2D eigenvalue weighted by atomic mass is 9.87. The summed E-state index contributed by atoms with van der Waals surface area (Å²) in [5.74, 6) is 0. The second-order valence-electron chi connectivity index (χ2n) is 5.26. The molecule has 0 atom stereocenters. The third-order valence-electron chi connectivity index (χ3n) is 4.16. The highest BCUT2D eigenvalue weighted by molar-refractivity contribution is 5.15. The Labute approximate surface area is 110 Å². The fraction of sp³-hybridized carbons (Fsp3) is 0.600. The van der Waals surface area contributed by atoms with Gasteiger partial charge in [0, 0.05) is 18.6 Å². The molecule has 0 saturated carbocycles. The van der Waals surface area contributed by atoms with Crippen molar-refractivity contribution >= 4 is 0 Å². The molecule has 0 bridgehead atoms. The number of piperidine rings is 1. The first-order chi connectivity index (χ1) is 8.78. The lowest BCUT2D eigenvalue weighted by Crippen LogP contribution is -2.57. The van der Waals surface area contributed by atoms with Crippen LogP contribution in [0.1, 0.15) is 25.3 Å². The number of nitrogens with two attached hydrogens (primary N) is 1. The number of hydrogen-bond donors (Lipinski definition) is 2. The number of hydrogen-bond acceptors (Lipinski definition) is 3. The van der Waals surface area contributed by atoms with E-state index in [2.05, 4.69) is 47.5 Å². The van der Waals surface area contributed by atoms with Gasteiger partial charge in [-0.15, -0.1) is 0 Å². The van der Waals surface area contributed by atoms with Crippen molar-refractivity contribution in [1.82, 2.24) is 10.2 Å². The minimum absolute atomic E-state index is 0.140. The molecule has 0 spiro atoms. The zero-order valence-electron chi connectivity index (χ0n) is 11.4. The van der Waals surface area contributed by atoms with Gasteiger partial charge in [0.25, 0.3) is 0 Å². The highest BCUT2D eigenvalue weighted by atomic mass is 15.2. The molecule has 0 aromatic heterocycles. The maximum absolute atomic E-state index is 6.01. The highest BCUT2D eigenvalue weighted by Gasteiger charge is 2.32. The van der Waals surface area contributed by atoms with Crippen molar-refractivity contribution in [1.29, 1.82) is 0 Å². The Hall–Kier alpha value is -0.900. The molecule has 3 heteroatoms. The Bertz CT molecular complexity index is 342. The zero-order chi connectivity index (χ0) is 12.8. The van der Waals surface area contributed by atoms with Gasteiger partial charge in [-0.3, -0.25) is 0 Å². The first-order valence-electron chi connectivity index (χ1n) is 6.99. The van der Waals surface area contributed by atoms with E-state index in [1.54, 1.807) is 0 Å². The molecule has 1 saturated heterocycles. The van der Waals surface area contributed by atoms with Crippen LogP contribution in [0, 0.1) is 0 Å². The summed E-state index contributed by atoms with van der Waals surface area (Å²) in [5, 5.41) is 3.69. The molecule has 100 valence electrons. The minimum Gasteiger partial charge on any atom is -0.329 e. The molecule has 2 rings (SSSR count). The molecular weight excluding hydrogens is 222 g/mol. The molecule has 0 amide bonds. The molecule has 1 aliphatic heterocycles. The lowest BCUT2D eigenvalue weighted by Gasteiger charge is -2.41. The molecule has 0 radical (unpaired) electrons. The fourth-order valence-corrected chi connectivity index (χ4v) is 2.64. The number of likely N-dealkylation sites (tertiary alicyclic amines) is 1. The van der Waals surface area contributed by atoms with Gasteiger partial charge in [0.05, 0.1) is 0 Å². The van der Waals surface area contributed by atoms with Crippen LogP contribution in [0.2, 0.25) is 0 Å². The van der Waals surface area contributed by atoms with Crippen molar-refractivity contribution in [3.05, 3.63) is 35.9 Å². The number of rotatable bonds is 5. The zero-order valence-corrected chi connectivity index (χ0v) is 11.4. The van der Waals surface area contributed by atoms with Crippen molar-refractivity contribution in [2.24, 2.45) is 5.73 Å². The predicted molar refractivity (Wildman–Crippen MR) is 76.4 cm³/mol. The minimum atomic E-state index is 0.140. The summed E-state index contributed by atoms with van der Waals surface area (Å²) in [6.45, 7) is 7.36. The van der Waals surface area contributed by atoms with Crippen molar-refractivity contribution < 1.29 is 0 Å². The monoisotopic (exact) mass is 247 g/mol. The molecule has 0 aliphatic carbocycles.